The maximum atomic E-state index is 12.3. The van der Waals surface area contributed by atoms with Crippen LogP contribution >= 0.6 is 22.9 Å². The number of unbranched alkanes of at least 4 members (excludes halogenated alkanes) is 1. The van der Waals surface area contributed by atoms with Gasteiger partial charge >= 0.3 is 0 Å². The number of aliphatic imine (C=N–C) groups is 1. The Kier molecular flexibility index (Phi) is 11.3. The molecule has 198 valence electrons. The van der Waals surface area contributed by atoms with E-state index in [2.05, 4.69) is 25.8 Å². The van der Waals surface area contributed by atoms with E-state index >= 15 is 0 Å². The maximum absolute atomic E-state index is 12.3. The van der Waals surface area contributed by atoms with Gasteiger partial charge < -0.3 is 10.4 Å². The third kappa shape index (κ3) is 9.62. The van der Waals surface area contributed by atoms with Crippen LogP contribution in [-0.2, 0) is 22.4 Å². The summed E-state index contributed by atoms with van der Waals surface area (Å²) in [5.41, 5.74) is 2.09. The van der Waals surface area contributed by atoms with Crippen LogP contribution < -0.4 is 10.6 Å². The summed E-state index contributed by atoms with van der Waals surface area (Å²) >= 11 is 7.18. The van der Waals surface area contributed by atoms with Crippen LogP contribution in [0.3, 0.4) is 0 Å². The van der Waals surface area contributed by atoms with Crippen LogP contribution in [0.15, 0.2) is 71.7 Å². The van der Waals surface area contributed by atoms with E-state index in [-0.39, 0.29) is 18.2 Å². The lowest BCUT2D eigenvalue weighted by Gasteiger charge is -2.09. The van der Waals surface area contributed by atoms with Crippen molar-refractivity contribution in [2.75, 3.05) is 12.4 Å². The number of allylic oxidation sites excluding steroid dienone is 1. The number of benzene rings is 2. The summed E-state index contributed by atoms with van der Waals surface area (Å²) in [6.07, 6.45) is 5.15. The smallest absolute Gasteiger partial charge is 0.259 e. The zero-order valence-electron chi connectivity index (χ0n) is 20.9. The van der Waals surface area contributed by atoms with Crippen LogP contribution in [0, 0.1) is 5.41 Å². The number of hydrogen-bond donors (Lipinski definition) is 4. The van der Waals surface area contributed by atoms with Gasteiger partial charge in [-0.25, -0.2) is 0 Å². The first-order valence-corrected chi connectivity index (χ1v) is 13.2. The predicted octanol–water partition coefficient (Wildman–Crippen LogP) is 4.54. The Balaban J connectivity index is 1.37. The van der Waals surface area contributed by atoms with Crippen molar-refractivity contribution < 1.29 is 14.7 Å². The highest BCUT2D eigenvalue weighted by Crippen LogP contribution is 2.22. The second kappa shape index (κ2) is 14.9. The molecule has 0 bridgehead atoms. The van der Waals surface area contributed by atoms with Crippen LogP contribution in [0.1, 0.15) is 41.5 Å². The van der Waals surface area contributed by atoms with E-state index in [0.717, 1.165) is 29.1 Å². The van der Waals surface area contributed by atoms with Crippen molar-refractivity contribution in [2.24, 2.45) is 4.99 Å². The molecule has 2 amide bonds. The van der Waals surface area contributed by atoms with Crippen molar-refractivity contribution in [2.45, 2.75) is 38.2 Å². The number of hydrogen-bond acceptors (Lipinski definition) is 8. The van der Waals surface area contributed by atoms with Gasteiger partial charge in [-0.15, -0.1) is 10.2 Å². The summed E-state index contributed by atoms with van der Waals surface area (Å²) in [6, 6.07) is 15.8. The second-order valence-electron chi connectivity index (χ2n) is 8.33. The Morgan fingerprint density at radius 2 is 1.92 bits per heavy atom. The number of amidine groups is 1. The lowest BCUT2D eigenvalue weighted by molar-refractivity contribution is -0.124. The highest BCUT2D eigenvalue weighted by atomic mass is 35.5. The van der Waals surface area contributed by atoms with Gasteiger partial charge in [-0.3, -0.25) is 25.3 Å². The number of rotatable bonds is 12. The molecule has 2 aromatic carbocycles. The molecule has 0 fully saturated rings. The summed E-state index contributed by atoms with van der Waals surface area (Å²) in [5, 5.41) is 33.0. The van der Waals surface area contributed by atoms with E-state index in [0.29, 0.717) is 28.6 Å². The van der Waals surface area contributed by atoms with Crippen LogP contribution in [0.2, 0.25) is 5.02 Å². The van der Waals surface area contributed by atoms with Gasteiger partial charge in [0.25, 0.3) is 5.91 Å². The van der Waals surface area contributed by atoms with Gasteiger partial charge in [0.1, 0.15) is 10.8 Å². The maximum Gasteiger partial charge on any atom is 0.259 e. The number of aliphatic hydroxyl groups is 1. The summed E-state index contributed by atoms with van der Waals surface area (Å²) < 4.78 is 0. The number of aryl methyl sites for hydroxylation is 1. The fourth-order valence-electron chi connectivity index (χ4n) is 3.46. The van der Waals surface area contributed by atoms with Crippen LogP contribution in [0.25, 0.3) is 0 Å². The molecule has 3 aromatic rings. The van der Waals surface area contributed by atoms with Crippen molar-refractivity contribution in [3.05, 3.63) is 87.9 Å². The largest absolute Gasteiger partial charge is 0.378 e. The molecule has 1 aromatic heterocycles. The average Bonchev–Trinajstić information content (AvgIpc) is 3.35. The third-order valence-corrected chi connectivity index (χ3v) is 6.53. The number of aromatic nitrogens is 2. The monoisotopic (exact) mass is 552 g/mol. The molecule has 1 unspecified atom stereocenters. The molecule has 1 heterocycles. The highest BCUT2D eigenvalue weighted by molar-refractivity contribution is 7.15. The van der Waals surface area contributed by atoms with Crippen molar-refractivity contribution in [3.63, 3.8) is 0 Å². The van der Waals surface area contributed by atoms with Crippen LogP contribution in [0.5, 0.6) is 0 Å². The van der Waals surface area contributed by atoms with Gasteiger partial charge in [-0.1, -0.05) is 65.4 Å². The Hall–Kier alpha value is -3.73. The van der Waals surface area contributed by atoms with E-state index in [1.54, 1.807) is 31.3 Å². The minimum atomic E-state index is -1.36. The quantitative estimate of drug-likeness (QED) is 0.148. The molecule has 38 heavy (non-hydrogen) atoms. The van der Waals surface area contributed by atoms with E-state index < -0.39 is 12.0 Å². The molecule has 4 N–H and O–H groups in total. The summed E-state index contributed by atoms with van der Waals surface area (Å²) in [4.78, 5) is 28.7. The third-order valence-electron chi connectivity index (χ3n) is 5.39. The first-order valence-electron chi connectivity index (χ1n) is 12.0. The van der Waals surface area contributed by atoms with E-state index in [4.69, 9.17) is 17.0 Å². The Morgan fingerprint density at radius 1 is 1.13 bits per heavy atom. The molecule has 0 radical (unpaired) electrons. The van der Waals surface area contributed by atoms with Gasteiger partial charge in [0.15, 0.2) is 6.10 Å². The lowest BCUT2D eigenvalue weighted by atomic mass is 10.1. The average molecular weight is 553 g/mol. The van der Waals surface area contributed by atoms with E-state index in [9.17, 15) is 14.7 Å². The molecule has 0 aliphatic carbocycles. The Morgan fingerprint density at radius 3 is 2.66 bits per heavy atom. The standard InChI is InChI=1S/C27H29ClN6O3S/c1-30-21(14-15-22(29)31-23(35)16-18-8-3-2-4-9-18)12-5-6-13-24-33-34-27(38-24)32-26(37)25(36)19-10-7-11-20(28)17-19/h2-4,7-11,14-15,17,25,36H,5-6,12-13,16H2,1H3,(H2,29,31,35)(H,32,34,37)/b15-14-,30-21?. The number of aliphatic hydroxyl groups excluding tert-OH is 1. The molecule has 0 aliphatic heterocycles. The first kappa shape index (κ1) is 28.8. The number of nitrogens with zero attached hydrogens (tertiary/aromatic N) is 3. The van der Waals surface area contributed by atoms with Gasteiger partial charge in [0.2, 0.25) is 11.0 Å². The fraction of sp³-hybridized carbons (Fsp3) is 0.259. The van der Waals surface area contributed by atoms with Crippen LogP contribution in [0.4, 0.5) is 5.13 Å². The van der Waals surface area contributed by atoms with Gasteiger partial charge in [-0.2, -0.15) is 0 Å². The minimum Gasteiger partial charge on any atom is -0.378 e. The number of carbonyl (C=O) groups is 2. The second-order valence-corrected chi connectivity index (χ2v) is 9.83. The zero-order valence-corrected chi connectivity index (χ0v) is 22.4. The van der Waals surface area contributed by atoms with Crippen molar-refractivity contribution in [1.29, 1.82) is 5.41 Å². The van der Waals surface area contributed by atoms with E-state index in [1.807, 2.05) is 30.3 Å². The van der Waals surface area contributed by atoms with Gasteiger partial charge in [-0.05, 0) is 54.7 Å². The fourth-order valence-corrected chi connectivity index (χ4v) is 4.44. The summed E-state index contributed by atoms with van der Waals surface area (Å²) in [5.74, 6) is -0.837. The normalized spacial score (nSPS) is 12.3. The van der Waals surface area contributed by atoms with Gasteiger partial charge in [0.05, 0.1) is 6.42 Å². The highest BCUT2D eigenvalue weighted by Gasteiger charge is 2.19. The summed E-state index contributed by atoms with van der Waals surface area (Å²) in [6.45, 7) is 0. The number of halogens is 1. The molecule has 11 heteroatoms. The molecule has 1 atom stereocenters. The molecule has 0 saturated heterocycles. The molecular formula is C27H29ClN6O3S. The van der Waals surface area contributed by atoms with E-state index in [1.165, 1.54) is 23.5 Å². The molecule has 0 aliphatic rings. The number of anilines is 1. The zero-order chi connectivity index (χ0) is 27.3. The first-order chi connectivity index (χ1) is 18.3. The molecule has 0 spiro atoms. The Labute approximate surface area is 230 Å². The molecular weight excluding hydrogens is 524 g/mol. The van der Waals surface area contributed by atoms with Crippen molar-refractivity contribution in [1.82, 2.24) is 15.5 Å². The number of amides is 2. The van der Waals surface area contributed by atoms with Gasteiger partial charge in [0, 0.05) is 24.2 Å². The minimum absolute atomic E-state index is 0.0102. The lowest BCUT2D eigenvalue weighted by Crippen LogP contribution is -2.29. The van der Waals surface area contributed by atoms with Crippen molar-refractivity contribution >= 4 is 51.4 Å². The molecule has 3 rings (SSSR count). The SMILES string of the molecule is CN=C(/C=C\C(=N)NC(=O)Cc1ccccc1)CCCCc1nnc(NC(=O)C(O)c2cccc(Cl)c2)s1. The number of nitrogens with one attached hydrogen (secondary N) is 3. The number of carbonyl (C=O) groups excluding carboxylic acids is 2. The molecule has 0 saturated carbocycles. The molecule has 9 nitrogen and oxygen atoms in total. The van der Waals surface area contributed by atoms with Crippen molar-refractivity contribution in [3.8, 4) is 0 Å². The predicted molar refractivity (Wildman–Crippen MR) is 151 cm³/mol. The Bertz CT molecular complexity index is 1310. The summed E-state index contributed by atoms with van der Waals surface area (Å²) in [7, 11) is 1.69. The topological polar surface area (TPSA) is 140 Å². The van der Waals surface area contributed by atoms with Crippen LogP contribution in [-0.4, -0.2) is 45.7 Å².